The Bertz CT molecular complexity index is 158. The molecule has 3 N–H and O–H groups in total. The highest BCUT2D eigenvalue weighted by atomic mass is 16.3. The van der Waals surface area contributed by atoms with Gasteiger partial charge in [0.25, 0.3) is 0 Å². The highest BCUT2D eigenvalue weighted by Crippen LogP contribution is 2.09. The minimum Gasteiger partial charge on any atom is -0.395 e. The van der Waals surface area contributed by atoms with E-state index in [4.69, 9.17) is 10.8 Å². The average molecular weight is 215 g/mol. The first kappa shape index (κ1) is 12.9. The monoisotopic (exact) mass is 215 g/mol. The quantitative estimate of drug-likeness (QED) is 0.640. The summed E-state index contributed by atoms with van der Waals surface area (Å²) in [4.78, 5) is 4.81. The lowest BCUT2D eigenvalue weighted by Gasteiger charge is -2.38. The fourth-order valence-electron chi connectivity index (χ4n) is 2.28. The molecular formula is C11H25N3O. The van der Waals surface area contributed by atoms with Crippen molar-refractivity contribution in [3.05, 3.63) is 0 Å². The molecule has 1 rings (SSSR count). The molecule has 4 heteroatoms. The molecule has 0 aromatic carbocycles. The maximum absolute atomic E-state index is 8.85. The van der Waals surface area contributed by atoms with Gasteiger partial charge in [0, 0.05) is 45.3 Å². The second-order valence-corrected chi connectivity index (χ2v) is 4.28. The number of nitrogens with two attached hydrogens (primary N) is 1. The fraction of sp³-hybridized carbons (Fsp3) is 1.00. The smallest absolute Gasteiger partial charge is 0.0558 e. The molecule has 90 valence electrons. The van der Waals surface area contributed by atoms with Crippen molar-refractivity contribution in [1.29, 1.82) is 0 Å². The number of rotatable bonds is 6. The summed E-state index contributed by atoms with van der Waals surface area (Å²) in [5.41, 5.74) is 5.79. The van der Waals surface area contributed by atoms with Crippen LogP contribution in [0.4, 0.5) is 0 Å². The third-order valence-electron chi connectivity index (χ3n) is 3.23. The molecule has 1 aliphatic rings. The summed E-state index contributed by atoms with van der Waals surface area (Å²) in [6.07, 6.45) is 2.41. The van der Waals surface area contributed by atoms with E-state index in [0.29, 0.717) is 6.04 Å². The molecule has 4 nitrogen and oxygen atoms in total. The first-order valence-corrected chi connectivity index (χ1v) is 6.09. The molecule has 1 atom stereocenters. The summed E-state index contributed by atoms with van der Waals surface area (Å²) in [6.45, 7) is 8.41. The average Bonchev–Trinajstić information content (AvgIpc) is 2.28. The number of hydrogen-bond donors (Lipinski definition) is 2. The van der Waals surface area contributed by atoms with Crippen LogP contribution in [0.1, 0.15) is 19.8 Å². The van der Waals surface area contributed by atoms with Crippen LogP contribution in [0.25, 0.3) is 0 Å². The molecule has 1 saturated heterocycles. The summed E-state index contributed by atoms with van der Waals surface area (Å²) in [5, 5.41) is 8.85. The zero-order valence-electron chi connectivity index (χ0n) is 9.86. The van der Waals surface area contributed by atoms with Crippen LogP contribution in [0.5, 0.6) is 0 Å². The van der Waals surface area contributed by atoms with Gasteiger partial charge in [-0.15, -0.1) is 0 Å². The summed E-state index contributed by atoms with van der Waals surface area (Å²) in [6, 6.07) is 0.561. The van der Waals surface area contributed by atoms with E-state index in [9.17, 15) is 0 Å². The Hall–Kier alpha value is -0.160. The van der Waals surface area contributed by atoms with Gasteiger partial charge in [-0.1, -0.05) is 13.3 Å². The Labute approximate surface area is 93.0 Å². The molecule has 0 aromatic rings. The molecular weight excluding hydrogens is 190 g/mol. The molecule has 1 fully saturated rings. The maximum Gasteiger partial charge on any atom is 0.0558 e. The lowest BCUT2D eigenvalue weighted by molar-refractivity contribution is 0.0827. The second-order valence-electron chi connectivity index (χ2n) is 4.28. The van der Waals surface area contributed by atoms with Crippen LogP contribution >= 0.6 is 0 Å². The molecule has 0 aliphatic carbocycles. The van der Waals surface area contributed by atoms with Gasteiger partial charge in [0.15, 0.2) is 0 Å². The molecule has 0 spiro atoms. The van der Waals surface area contributed by atoms with Crippen molar-refractivity contribution in [2.45, 2.75) is 25.8 Å². The van der Waals surface area contributed by atoms with Crippen LogP contribution in [0, 0.1) is 0 Å². The summed E-state index contributed by atoms with van der Waals surface area (Å²) < 4.78 is 0. The van der Waals surface area contributed by atoms with Crippen LogP contribution < -0.4 is 5.73 Å². The van der Waals surface area contributed by atoms with Gasteiger partial charge in [-0.25, -0.2) is 0 Å². The molecule has 0 amide bonds. The van der Waals surface area contributed by atoms with Crippen molar-refractivity contribution >= 4 is 0 Å². The Morgan fingerprint density at radius 1 is 1.27 bits per heavy atom. The van der Waals surface area contributed by atoms with Crippen molar-refractivity contribution in [3.8, 4) is 0 Å². The molecule has 0 bridgehead atoms. The van der Waals surface area contributed by atoms with Crippen molar-refractivity contribution in [2.24, 2.45) is 5.73 Å². The van der Waals surface area contributed by atoms with Gasteiger partial charge < -0.3 is 10.8 Å². The first-order chi connectivity index (χ1) is 7.31. The van der Waals surface area contributed by atoms with Crippen molar-refractivity contribution in [1.82, 2.24) is 9.80 Å². The van der Waals surface area contributed by atoms with Crippen molar-refractivity contribution in [2.75, 3.05) is 45.9 Å². The van der Waals surface area contributed by atoms with Crippen molar-refractivity contribution in [3.63, 3.8) is 0 Å². The predicted octanol–water partition coefficient (Wildman–Crippen LogP) is -0.276. The van der Waals surface area contributed by atoms with Crippen LogP contribution in [-0.4, -0.2) is 66.8 Å². The maximum atomic E-state index is 8.85. The van der Waals surface area contributed by atoms with E-state index in [1.807, 2.05) is 0 Å². The summed E-state index contributed by atoms with van der Waals surface area (Å²) >= 11 is 0. The Morgan fingerprint density at radius 2 is 1.93 bits per heavy atom. The topological polar surface area (TPSA) is 52.7 Å². The molecule has 1 unspecified atom stereocenters. The number of hydrogen-bond acceptors (Lipinski definition) is 4. The van der Waals surface area contributed by atoms with E-state index in [1.165, 1.54) is 12.8 Å². The van der Waals surface area contributed by atoms with Gasteiger partial charge in [0.1, 0.15) is 0 Å². The summed E-state index contributed by atoms with van der Waals surface area (Å²) in [5.74, 6) is 0. The van der Waals surface area contributed by atoms with Gasteiger partial charge in [0.05, 0.1) is 6.61 Å². The highest BCUT2D eigenvalue weighted by Gasteiger charge is 2.21. The number of nitrogens with zero attached hydrogens (tertiary/aromatic N) is 2. The predicted molar refractivity (Wildman–Crippen MR) is 62.8 cm³/mol. The first-order valence-electron chi connectivity index (χ1n) is 6.09. The highest BCUT2D eigenvalue weighted by molar-refractivity contribution is 4.78. The van der Waals surface area contributed by atoms with E-state index in [1.54, 1.807) is 0 Å². The largest absolute Gasteiger partial charge is 0.395 e. The van der Waals surface area contributed by atoms with Crippen molar-refractivity contribution < 1.29 is 5.11 Å². The Kier molecular flexibility index (Phi) is 6.17. The van der Waals surface area contributed by atoms with Gasteiger partial charge >= 0.3 is 0 Å². The van der Waals surface area contributed by atoms with E-state index < -0.39 is 0 Å². The van der Waals surface area contributed by atoms with E-state index >= 15 is 0 Å². The Balaban J connectivity index is 2.28. The van der Waals surface area contributed by atoms with Crippen LogP contribution in [0.15, 0.2) is 0 Å². The molecule has 0 saturated carbocycles. The number of piperazine rings is 1. The minimum absolute atomic E-state index is 0.273. The molecule has 1 heterocycles. The second kappa shape index (κ2) is 7.17. The van der Waals surface area contributed by atoms with E-state index in [0.717, 1.165) is 39.3 Å². The fourth-order valence-corrected chi connectivity index (χ4v) is 2.28. The minimum atomic E-state index is 0.273. The normalized spacial score (nSPS) is 21.8. The van der Waals surface area contributed by atoms with Gasteiger partial charge in [0.2, 0.25) is 0 Å². The van der Waals surface area contributed by atoms with Crippen LogP contribution in [-0.2, 0) is 0 Å². The Morgan fingerprint density at radius 3 is 2.40 bits per heavy atom. The number of aliphatic hydroxyl groups excluding tert-OH is 1. The third-order valence-corrected chi connectivity index (χ3v) is 3.23. The van der Waals surface area contributed by atoms with Gasteiger partial charge in [-0.3, -0.25) is 9.80 Å². The van der Waals surface area contributed by atoms with E-state index in [2.05, 4.69) is 16.7 Å². The zero-order chi connectivity index (χ0) is 11.1. The standard InChI is InChI=1S/C11H25N3O/c1-2-3-11(10-12)14-6-4-13(5-7-14)8-9-15/h11,15H,2-10,12H2,1H3. The molecule has 0 radical (unpaired) electrons. The SMILES string of the molecule is CCCC(CN)N1CCN(CCO)CC1. The molecule has 15 heavy (non-hydrogen) atoms. The van der Waals surface area contributed by atoms with Gasteiger partial charge in [-0.05, 0) is 6.42 Å². The van der Waals surface area contributed by atoms with Gasteiger partial charge in [-0.2, -0.15) is 0 Å². The molecule has 1 aliphatic heterocycles. The summed E-state index contributed by atoms with van der Waals surface area (Å²) in [7, 11) is 0. The third kappa shape index (κ3) is 4.07. The molecule has 0 aromatic heterocycles. The lowest BCUT2D eigenvalue weighted by Crippen LogP contribution is -2.52. The lowest BCUT2D eigenvalue weighted by atomic mass is 10.1. The van der Waals surface area contributed by atoms with Crippen LogP contribution in [0.3, 0.4) is 0 Å². The zero-order valence-corrected chi connectivity index (χ0v) is 9.86. The van der Waals surface area contributed by atoms with E-state index in [-0.39, 0.29) is 6.61 Å². The van der Waals surface area contributed by atoms with Crippen LogP contribution in [0.2, 0.25) is 0 Å². The number of aliphatic hydroxyl groups is 1. The number of β-amino-alcohol motifs (C(OH)–C–C–N with tert-alkyl or cyclic N) is 1.